The summed E-state index contributed by atoms with van der Waals surface area (Å²) in [6, 6.07) is 1.25. The van der Waals surface area contributed by atoms with Crippen LogP contribution in [0, 0.1) is 13.8 Å². The molecule has 1 N–H and O–H groups in total. The van der Waals surface area contributed by atoms with Crippen LogP contribution in [-0.4, -0.2) is 35.1 Å². The fourth-order valence-electron chi connectivity index (χ4n) is 2.74. The summed E-state index contributed by atoms with van der Waals surface area (Å²) >= 11 is 0. The summed E-state index contributed by atoms with van der Waals surface area (Å²) in [6.07, 6.45) is 1.11. The lowest BCUT2D eigenvalue weighted by Gasteiger charge is -2.17. The normalized spacial score (nSPS) is 21.0. The third-order valence-corrected chi connectivity index (χ3v) is 6.09. The fraction of sp³-hybridized carbons (Fsp3) is 0.538. The van der Waals surface area contributed by atoms with Gasteiger partial charge in [-0.25, -0.2) is 13.2 Å². The van der Waals surface area contributed by atoms with E-state index in [9.17, 15) is 23.1 Å². The molecule has 2 heterocycles. The molecule has 1 atom stereocenters. The Morgan fingerprint density at radius 1 is 1.45 bits per heavy atom. The molecular weight excluding hydrogens is 282 g/mol. The number of carboxylic acids is 1. The van der Waals surface area contributed by atoms with E-state index < -0.39 is 21.1 Å². The van der Waals surface area contributed by atoms with Crippen molar-refractivity contribution in [2.45, 2.75) is 38.5 Å². The van der Waals surface area contributed by atoms with Gasteiger partial charge in [0.1, 0.15) is 0 Å². The Labute approximate surface area is 117 Å². The van der Waals surface area contributed by atoms with Crippen molar-refractivity contribution in [2.75, 3.05) is 5.75 Å². The van der Waals surface area contributed by atoms with Crippen molar-refractivity contribution in [1.29, 1.82) is 0 Å². The van der Waals surface area contributed by atoms with E-state index in [1.165, 1.54) is 10.6 Å². The van der Waals surface area contributed by atoms with Crippen LogP contribution in [0.4, 0.5) is 0 Å². The van der Waals surface area contributed by atoms with Crippen LogP contribution < -0.4 is 5.56 Å². The molecule has 0 radical (unpaired) electrons. The number of sulfone groups is 1. The minimum absolute atomic E-state index is 0.0353. The largest absolute Gasteiger partial charge is 0.478 e. The summed E-state index contributed by atoms with van der Waals surface area (Å²) in [6.45, 7) is 3.14. The van der Waals surface area contributed by atoms with Gasteiger partial charge in [0.2, 0.25) is 0 Å². The second kappa shape index (κ2) is 5.05. The number of rotatable bonds is 3. The summed E-state index contributed by atoms with van der Waals surface area (Å²) in [7, 11) is -3.17. The smallest absolute Gasteiger partial charge is 0.337 e. The predicted octanol–water partition coefficient (Wildman–Crippen LogP) is 0.741. The maximum Gasteiger partial charge on any atom is 0.337 e. The van der Waals surface area contributed by atoms with Crippen LogP contribution in [0.15, 0.2) is 10.9 Å². The van der Waals surface area contributed by atoms with E-state index in [1.807, 2.05) is 0 Å². The summed E-state index contributed by atoms with van der Waals surface area (Å²) in [5, 5.41) is 8.60. The number of carbonyl (C=O) groups is 1. The lowest BCUT2D eigenvalue weighted by molar-refractivity contribution is 0.0694. The van der Waals surface area contributed by atoms with Crippen molar-refractivity contribution in [3.05, 3.63) is 33.2 Å². The molecule has 0 aliphatic carbocycles. The molecule has 6 nitrogen and oxygen atoms in total. The predicted molar refractivity (Wildman–Crippen MR) is 73.9 cm³/mol. The molecule has 1 fully saturated rings. The van der Waals surface area contributed by atoms with Crippen molar-refractivity contribution >= 4 is 15.8 Å². The van der Waals surface area contributed by atoms with E-state index in [4.69, 9.17) is 0 Å². The van der Waals surface area contributed by atoms with Crippen LogP contribution in [0.1, 0.15) is 34.5 Å². The topological polar surface area (TPSA) is 93.4 Å². The molecule has 1 aliphatic heterocycles. The third kappa shape index (κ3) is 2.49. The number of carboxylic acid groups (broad SMARTS) is 1. The van der Waals surface area contributed by atoms with Crippen LogP contribution in [0.5, 0.6) is 0 Å². The fourth-order valence-corrected chi connectivity index (χ4v) is 4.54. The molecule has 0 bridgehead atoms. The van der Waals surface area contributed by atoms with Gasteiger partial charge in [0.05, 0.1) is 16.6 Å². The quantitative estimate of drug-likeness (QED) is 0.888. The van der Waals surface area contributed by atoms with Crippen molar-refractivity contribution in [3.63, 3.8) is 0 Å². The van der Waals surface area contributed by atoms with Gasteiger partial charge in [0.25, 0.3) is 5.56 Å². The van der Waals surface area contributed by atoms with E-state index >= 15 is 0 Å². The van der Waals surface area contributed by atoms with Gasteiger partial charge in [-0.3, -0.25) is 4.79 Å². The minimum Gasteiger partial charge on any atom is -0.478 e. The molecule has 0 amide bonds. The summed E-state index contributed by atoms with van der Waals surface area (Å²) in [5.74, 6) is -0.966. The highest BCUT2D eigenvalue weighted by Gasteiger charge is 2.32. The molecule has 1 aliphatic rings. The Hall–Kier alpha value is -1.63. The molecule has 1 aromatic heterocycles. The number of pyridine rings is 1. The van der Waals surface area contributed by atoms with Crippen LogP contribution >= 0.6 is 0 Å². The Balaban J connectivity index is 2.50. The number of nitrogens with zero attached hydrogens (tertiary/aromatic N) is 1. The molecule has 1 saturated heterocycles. The molecule has 1 unspecified atom stereocenters. The molecule has 2 rings (SSSR count). The van der Waals surface area contributed by atoms with Gasteiger partial charge in [-0.2, -0.15) is 0 Å². The number of hydrogen-bond acceptors (Lipinski definition) is 4. The Bertz CT molecular complexity index is 717. The zero-order valence-electron chi connectivity index (χ0n) is 11.4. The molecule has 110 valence electrons. The zero-order valence-corrected chi connectivity index (χ0v) is 12.2. The summed E-state index contributed by atoms with van der Waals surface area (Å²) < 4.78 is 25.0. The van der Waals surface area contributed by atoms with Crippen molar-refractivity contribution in [3.8, 4) is 0 Å². The first-order valence-electron chi connectivity index (χ1n) is 6.40. The van der Waals surface area contributed by atoms with Crippen LogP contribution in [0.2, 0.25) is 0 Å². The van der Waals surface area contributed by atoms with Gasteiger partial charge in [0, 0.05) is 18.3 Å². The maximum atomic E-state index is 12.0. The van der Waals surface area contributed by atoms with Crippen LogP contribution in [0.3, 0.4) is 0 Å². The summed E-state index contributed by atoms with van der Waals surface area (Å²) in [4.78, 5) is 23.2. The van der Waals surface area contributed by atoms with Gasteiger partial charge in [-0.15, -0.1) is 0 Å². The lowest BCUT2D eigenvalue weighted by Crippen LogP contribution is -2.32. The van der Waals surface area contributed by atoms with E-state index in [1.54, 1.807) is 13.8 Å². The molecule has 20 heavy (non-hydrogen) atoms. The molecule has 7 heteroatoms. The monoisotopic (exact) mass is 299 g/mol. The first-order chi connectivity index (χ1) is 9.24. The SMILES string of the molecule is Cc1cc(=O)n(CC2CCCS2(=O)=O)c(C)c1C(=O)O. The number of aromatic carboxylic acids is 1. The first-order valence-corrected chi connectivity index (χ1v) is 8.11. The average Bonchev–Trinajstić information content (AvgIpc) is 2.62. The van der Waals surface area contributed by atoms with Gasteiger partial charge < -0.3 is 9.67 Å². The van der Waals surface area contributed by atoms with E-state index in [0.717, 1.165) is 0 Å². The van der Waals surface area contributed by atoms with Crippen LogP contribution in [0.25, 0.3) is 0 Å². The average molecular weight is 299 g/mol. The highest BCUT2D eigenvalue weighted by atomic mass is 32.2. The highest BCUT2D eigenvalue weighted by molar-refractivity contribution is 7.92. The minimum atomic E-state index is -3.17. The Kier molecular flexibility index (Phi) is 3.73. The van der Waals surface area contributed by atoms with E-state index in [-0.39, 0.29) is 23.4 Å². The Morgan fingerprint density at radius 3 is 2.60 bits per heavy atom. The third-order valence-electron chi connectivity index (χ3n) is 3.83. The molecule has 0 spiro atoms. The molecular formula is C13H17NO5S. The molecule has 0 aromatic carbocycles. The lowest BCUT2D eigenvalue weighted by atomic mass is 10.1. The zero-order chi connectivity index (χ0) is 15.1. The second-order valence-electron chi connectivity index (χ2n) is 5.17. The maximum absolute atomic E-state index is 12.0. The van der Waals surface area contributed by atoms with Crippen molar-refractivity contribution in [1.82, 2.24) is 4.57 Å². The second-order valence-corrected chi connectivity index (χ2v) is 7.57. The number of aryl methyl sites for hydroxylation is 1. The van der Waals surface area contributed by atoms with Crippen LogP contribution in [-0.2, 0) is 16.4 Å². The van der Waals surface area contributed by atoms with Crippen molar-refractivity contribution in [2.24, 2.45) is 0 Å². The first kappa shape index (κ1) is 14.8. The molecule has 1 aromatic rings. The highest BCUT2D eigenvalue weighted by Crippen LogP contribution is 2.22. The molecule has 0 saturated carbocycles. The van der Waals surface area contributed by atoms with Gasteiger partial charge in [-0.05, 0) is 32.3 Å². The van der Waals surface area contributed by atoms with Gasteiger partial charge in [0.15, 0.2) is 9.84 Å². The standard InChI is InChI=1S/C13H17NO5S/c1-8-6-11(15)14(9(2)12(8)13(16)17)7-10-4-3-5-20(10,18)19/h6,10H,3-5,7H2,1-2H3,(H,16,17). The van der Waals surface area contributed by atoms with E-state index in [0.29, 0.717) is 24.1 Å². The Morgan fingerprint density at radius 2 is 2.10 bits per heavy atom. The van der Waals surface area contributed by atoms with E-state index in [2.05, 4.69) is 0 Å². The van der Waals surface area contributed by atoms with Gasteiger partial charge in [-0.1, -0.05) is 0 Å². The summed E-state index contributed by atoms with van der Waals surface area (Å²) in [5.41, 5.74) is 0.419. The van der Waals surface area contributed by atoms with Crippen molar-refractivity contribution < 1.29 is 18.3 Å². The van der Waals surface area contributed by atoms with Gasteiger partial charge >= 0.3 is 5.97 Å². The number of hydrogen-bond donors (Lipinski definition) is 1. The number of aromatic nitrogens is 1.